The molecule has 3 nitrogen and oxygen atoms in total. The molecule has 3 unspecified atom stereocenters. The van der Waals surface area contributed by atoms with E-state index in [1.54, 1.807) is 0 Å². The van der Waals surface area contributed by atoms with Gasteiger partial charge < -0.3 is 9.84 Å². The first-order valence-corrected chi connectivity index (χ1v) is 4.44. The Morgan fingerprint density at radius 1 is 1.75 bits per heavy atom. The van der Waals surface area contributed by atoms with Gasteiger partial charge in [-0.2, -0.15) is 0 Å². The molecule has 12 heavy (non-hydrogen) atoms. The van der Waals surface area contributed by atoms with Crippen molar-refractivity contribution in [2.24, 2.45) is 11.8 Å². The van der Waals surface area contributed by atoms with Crippen LogP contribution in [0.15, 0.2) is 0 Å². The normalized spacial score (nSPS) is 31.8. The molecule has 1 aliphatic heterocycles. The molecule has 0 amide bonds. The van der Waals surface area contributed by atoms with Crippen LogP contribution in [0.3, 0.4) is 0 Å². The molecule has 1 saturated heterocycles. The van der Waals surface area contributed by atoms with Crippen LogP contribution < -0.4 is 0 Å². The van der Waals surface area contributed by atoms with Crippen molar-refractivity contribution < 1.29 is 14.6 Å². The Morgan fingerprint density at radius 3 is 2.83 bits per heavy atom. The van der Waals surface area contributed by atoms with Crippen LogP contribution in [-0.4, -0.2) is 23.8 Å². The summed E-state index contributed by atoms with van der Waals surface area (Å²) in [6.07, 6.45) is 1.51. The summed E-state index contributed by atoms with van der Waals surface area (Å²) in [5, 5.41) is 8.59. The lowest BCUT2D eigenvalue weighted by atomic mass is 9.86. The van der Waals surface area contributed by atoms with Crippen molar-refractivity contribution in [3.8, 4) is 0 Å². The molecule has 3 atom stereocenters. The molecule has 0 saturated carbocycles. The molecule has 0 radical (unpaired) electrons. The van der Waals surface area contributed by atoms with Crippen LogP contribution in [0, 0.1) is 11.8 Å². The SMILES string of the molecule is CC(CC(=O)O)C1CCOC1C. The van der Waals surface area contributed by atoms with Crippen molar-refractivity contribution in [1.29, 1.82) is 0 Å². The lowest BCUT2D eigenvalue weighted by molar-refractivity contribution is -0.138. The zero-order valence-electron chi connectivity index (χ0n) is 7.62. The summed E-state index contributed by atoms with van der Waals surface area (Å²) in [5.41, 5.74) is 0. The molecule has 0 aliphatic carbocycles. The van der Waals surface area contributed by atoms with Gasteiger partial charge in [0, 0.05) is 13.0 Å². The minimum Gasteiger partial charge on any atom is -0.481 e. The number of hydrogen-bond acceptors (Lipinski definition) is 2. The number of hydrogen-bond donors (Lipinski definition) is 1. The molecule has 70 valence electrons. The predicted octanol–water partition coefficient (Wildman–Crippen LogP) is 1.52. The van der Waals surface area contributed by atoms with Gasteiger partial charge in [0.05, 0.1) is 6.10 Å². The summed E-state index contributed by atoms with van der Waals surface area (Å²) in [5.74, 6) is -0.0392. The van der Waals surface area contributed by atoms with E-state index in [-0.39, 0.29) is 18.4 Å². The Bertz CT molecular complexity index is 167. The van der Waals surface area contributed by atoms with Crippen molar-refractivity contribution in [2.45, 2.75) is 32.8 Å². The maximum atomic E-state index is 10.4. The molecule has 1 fully saturated rings. The maximum absolute atomic E-state index is 10.4. The third-order valence-electron chi connectivity index (χ3n) is 2.66. The molecule has 1 heterocycles. The van der Waals surface area contributed by atoms with Crippen LogP contribution in [0.4, 0.5) is 0 Å². The summed E-state index contributed by atoms with van der Waals surface area (Å²) in [7, 11) is 0. The highest BCUT2D eigenvalue weighted by Crippen LogP contribution is 2.29. The van der Waals surface area contributed by atoms with Gasteiger partial charge in [0.15, 0.2) is 0 Å². The third kappa shape index (κ3) is 2.21. The van der Waals surface area contributed by atoms with Crippen LogP contribution >= 0.6 is 0 Å². The molecule has 1 aliphatic rings. The van der Waals surface area contributed by atoms with Crippen LogP contribution in [0.2, 0.25) is 0 Å². The van der Waals surface area contributed by atoms with Gasteiger partial charge in [-0.3, -0.25) is 4.79 Å². The topological polar surface area (TPSA) is 46.5 Å². The number of ether oxygens (including phenoxy) is 1. The van der Waals surface area contributed by atoms with Crippen molar-refractivity contribution in [3.63, 3.8) is 0 Å². The minimum atomic E-state index is -0.707. The van der Waals surface area contributed by atoms with E-state index < -0.39 is 5.97 Å². The van der Waals surface area contributed by atoms with Gasteiger partial charge in [-0.1, -0.05) is 6.92 Å². The van der Waals surface area contributed by atoms with Gasteiger partial charge in [0.2, 0.25) is 0 Å². The van der Waals surface area contributed by atoms with Crippen molar-refractivity contribution in [3.05, 3.63) is 0 Å². The number of carboxylic acids is 1. The van der Waals surface area contributed by atoms with Gasteiger partial charge in [-0.25, -0.2) is 0 Å². The van der Waals surface area contributed by atoms with E-state index in [1.165, 1.54) is 0 Å². The van der Waals surface area contributed by atoms with E-state index >= 15 is 0 Å². The fraction of sp³-hybridized carbons (Fsp3) is 0.889. The quantitative estimate of drug-likeness (QED) is 0.702. The Kier molecular flexibility index (Phi) is 3.09. The molecule has 0 bridgehead atoms. The molecule has 3 heteroatoms. The predicted molar refractivity (Wildman–Crippen MR) is 44.9 cm³/mol. The van der Waals surface area contributed by atoms with Gasteiger partial charge in [0.25, 0.3) is 0 Å². The smallest absolute Gasteiger partial charge is 0.303 e. The molecule has 0 aromatic heterocycles. The molecule has 1 N–H and O–H groups in total. The monoisotopic (exact) mass is 172 g/mol. The van der Waals surface area contributed by atoms with Gasteiger partial charge in [-0.15, -0.1) is 0 Å². The largest absolute Gasteiger partial charge is 0.481 e. The highest BCUT2D eigenvalue weighted by Gasteiger charge is 2.30. The maximum Gasteiger partial charge on any atom is 0.303 e. The summed E-state index contributed by atoms with van der Waals surface area (Å²) in [6, 6.07) is 0. The second-order valence-electron chi connectivity index (χ2n) is 3.60. The highest BCUT2D eigenvalue weighted by molar-refractivity contribution is 5.67. The lowest BCUT2D eigenvalue weighted by Crippen LogP contribution is -2.21. The summed E-state index contributed by atoms with van der Waals surface area (Å²) in [4.78, 5) is 10.4. The molecule has 0 aromatic rings. The van der Waals surface area contributed by atoms with E-state index in [0.717, 1.165) is 13.0 Å². The van der Waals surface area contributed by atoms with Crippen LogP contribution in [0.5, 0.6) is 0 Å². The van der Waals surface area contributed by atoms with Crippen molar-refractivity contribution >= 4 is 5.97 Å². The molecule has 0 spiro atoms. The summed E-state index contributed by atoms with van der Waals surface area (Å²) in [6.45, 7) is 4.80. The molecule has 0 aromatic carbocycles. The van der Waals surface area contributed by atoms with E-state index in [9.17, 15) is 4.79 Å². The zero-order chi connectivity index (χ0) is 9.14. The average Bonchev–Trinajstić information content (AvgIpc) is 2.33. The van der Waals surface area contributed by atoms with E-state index in [0.29, 0.717) is 5.92 Å². The number of carboxylic acid groups (broad SMARTS) is 1. The van der Waals surface area contributed by atoms with Crippen LogP contribution in [0.1, 0.15) is 26.7 Å². The lowest BCUT2D eigenvalue weighted by Gasteiger charge is -2.19. The van der Waals surface area contributed by atoms with Crippen LogP contribution in [-0.2, 0) is 9.53 Å². The highest BCUT2D eigenvalue weighted by atomic mass is 16.5. The Labute approximate surface area is 72.7 Å². The third-order valence-corrected chi connectivity index (χ3v) is 2.66. The second kappa shape index (κ2) is 3.90. The number of rotatable bonds is 3. The van der Waals surface area contributed by atoms with E-state index in [2.05, 4.69) is 0 Å². The Hall–Kier alpha value is -0.570. The average molecular weight is 172 g/mol. The second-order valence-corrected chi connectivity index (χ2v) is 3.60. The fourth-order valence-electron chi connectivity index (χ4n) is 1.92. The van der Waals surface area contributed by atoms with Crippen LogP contribution in [0.25, 0.3) is 0 Å². The van der Waals surface area contributed by atoms with Gasteiger partial charge >= 0.3 is 5.97 Å². The van der Waals surface area contributed by atoms with Crippen molar-refractivity contribution in [1.82, 2.24) is 0 Å². The molecule has 1 rings (SSSR count). The standard InChI is InChI=1S/C9H16O3/c1-6(5-9(10)11)8-3-4-12-7(8)2/h6-8H,3-5H2,1-2H3,(H,10,11). The first kappa shape index (κ1) is 9.52. The van der Waals surface area contributed by atoms with E-state index in [1.807, 2.05) is 13.8 Å². The van der Waals surface area contributed by atoms with Crippen molar-refractivity contribution in [2.75, 3.05) is 6.61 Å². The Balaban J connectivity index is 2.40. The van der Waals surface area contributed by atoms with Gasteiger partial charge in [-0.05, 0) is 25.2 Å². The summed E-state index contributed by atoms with van der Waals surface area (Å²) < 4.78 is 5.38. The first-order valence-electron chi connectivity index (χ1n) is 4.44. The van der Waals surface area contributed by atoms with E-state index in [4.69, 9.17) is 9.84 Å². The zero-order valence-corrected chi connectivity index (χ0v) is 7.62. The molecular weight excluding hydrogens is 156 g/mol. The minimum absolute atomic E-state index is 0.236. The molecular formula is C9H16O3. The Morgan fingerprint density at radius 2 is 2.42 bits per heavy atom. The summed E-state index contributed by atoms with van der Waals surface area (Å²) >= 11 is 0. The van der Waals surface area contributed by atoms with Gasteiger partial charge in [0.1, 0.15) is 0 Å². The number of carbonyl (C=O) groups is 1. The fourth-order valence-corrected chi connectivity index (χ4v) is 1.92. The number of aliphatic carboxylic acids is 1. The first-order chi connectivity index (χ1) is 5.61.